The van der Waals surface area contributed by atoms with E-state index in [9.17, 15) is 14.7 Å². The number of anilines is 1. The predicted octanol–water partition coefficient (Wildman–Crippen LogP) is 3.20. The summed E-state index contributed by atoms with van der Waals surface area (Å²) in [5, 5.41) is 9.64. The monoisotopic (exact) mass is 390 g/mol. The molecule has 0 aliphatic carbocycles. The van der Waals surface area contributed by atoms with Crippen molar-refractivity contribution in [2.24, 2.45) is 0 Å². The van der Waals surface area contributed by atoms with Crippen LogP contribution in [-0.2, 0) is 9.59 Å². The zero-order valence-electron chi connectivity index (χ0n) is 13.9. The van der Waals surface area contributed by atoms with Gasteiger partial charge in [0.15, 0.2) is 0 Å². The molecule has 26 heavy (non-hydrogen) atoms. The quantitative estimate of drug-likeness (QED) is 0.796. The molecule has 0 aromatic heterocycles. The first kappa shape index (κ1) is 18.5. The molecule has 2 amide bonds. The first-order chi connectivity index (χ1) is 12.5. The molecular formula is C19H16Cl2N2O3. The first-order valence-electron chi connectivity index (χ1n) is 7.92. The molecule has 0 saturated carbocycles. The largest absolute Gasteiger partial charge is 0.395 e. The van der Waals surface area contributed by atoms with Crippen LogP contribution in [0, 0.1) is 0 Å². The molecule has 0 spiro atoms. The van der Waals surface area contributed by atoms with E-state index in [4.69, 9.17) is 23.2 Å². The standard InChI is InChI=1S/C19H16Cl2N2O3/c1-22(10-11-24)17-15(12-6-3-2-4-7-12)18(25)23(19(17)26)14-9-5-8-13(20)16(14)21/h2-9,24H,10-11H2,1H3. The first-order valence-corrected chi connectivity index (χ1v) is 8.67. The highest BCUT2D eigenvalue weighted by molar-refractivity contribution is 6.49. The third kappa shape index (κ3) is 3.09. The Bertz CT molecular complexity index is 897. The fourth-order valence-electron chi connectivity index (χ4n) is 2.88. The van der Waals surface area contributed by atoms with Crippen molar-refractivity contribution in [3.8, 4) is 0 Å². The van der Waals surface area contributed by atoms with E-state index in [1.165, 1.54) is 0 Å². The van der Waals surface area contributed by atoms with E-state index in [1.807, 2.05) is 6.07 Å². The van der Waals surface area contributed by atoms with Crippen LogP contribution < -0.4 is 4.90 Å². The van der Waals surface area contributed by atoms with Gasteiger partial charge in [0, 0.05) is 13.6 Å². The molecule has 1 aliphatic rings. The van der Waals surface area contributed by atoms with Crippen molar-refractivity contribution in [1.29, 1.82) is 0 Å². The maximum atomic E-state index is 13.2. The van der Waals surface area contributed by atoms with Gasteiger partial charge < -0.3 is 10.0 Å². The van der Waals surface area contributed by atoms with E-state index in [0.29, 0.717) is 5.56 Å². The Morgan fingerprint density at radius 1 is 1.00 bits per heavy atom. The van der Waals surface area contributed by atoms with Crippen LogP contribution in [-0.4, -0.2) is 42.0 Å². The lowest BCUT2D eigenvalue weighted by Crippen LogP contribution is -2.35. The highest BCUT2D eigenvalue weighted by Crippen LogP contribution is 2.39. The number of likely N-dealkylation sites (N-methyl/N-ethyl adjacent to an activating group) is 1. The van der Waals surface area contributed by atoms with E-state index in [1.54, 1.807) is 54.4 Å². The molecule has 0 unspecified atom stereocenters. The van der Waals surface area contributed by atoms with Gasteiger partial charge in [0.05, 0.1) is 27.9 Å². The summed E-state index contributed by atoms with van der Waals surface area (Å²) in [6.07, 6.45) is 0. The Kier molecular flexibility index (Phi) is 5.32. The van der Waals surface area contributed by atoms with Crippen molar-refractivity contribution in [2.45, 2.75) is 0 Å². The normalized spacial score (nSPS) is 14.4. The number of carbonyl (C=O) groups excluding carboxylic acids is 2. The number of halogens is 2. The van der Waals surface area contributed by atoms with Gasteiger partial charge in [-0.2, -0.15) is 0 Å². The van der Waals surface area contributed by atoms with Gasteiger partial charge in [-0.15, -0.1) is 0 Å². The van der Waals surface area contributed by atoms with Gasteiger partial charge in [-0.1, -0.05) is 59.6 Å². The van der Waals surface area contributed by atoms with E-state index >= 15 is 0 Å². The lowest BCUT2D eigenvalue weighted by molar-refractivity contribution is -0.120. The summed E-state index contributed by atoms with van der Waals surface area (Å²) in [5.41, 5.74) is 1.33. The molecule has 0 bridgehead atoms. The van der Waals surface area contributed by atoms with Crippen molar-refractivity contribution < 1.29 is 14.7 Å². The van der Waals surface area contributed by atoms with Gasteiger partial charge in [-0.25, -0.2) is 4.90 Å². The minimum absolute atomic E-state index is 0.134. The van der Waals surface area contributed by atoms with Gasteiger partial charge in [0.1, 0.15) is 5.70 Å². The molecule has 5 nitrogen and oxygen atoms in total. The molecule has 1 heterocycles. The van der Waals surface area contributed by atoms with Crippen molar-refractivity contribution in [2.75, 3.05) is 25.1 Å². The van der Waals surface area contributed by atoms with Crippen molar-refractivity contribution in [3.63, 3.8) is 0 Å². The van der Waals surface area contributed by atoms with Crippen molar-refractivity contribution in [3.05, 3.63) is 69.8 Å². The second-order valence-electron chi connectivity index (χ2n) is 5.75. The van der Waals surface area contributed by atoms with E-state index < -0.39 is 11.8 Å². The number of aliphatic hydroxyl groups excluding tert-OH is 1. The topological polar surface area (TPSA) is 60.9 Å². The fourth-order valence-corrected chi connectivity index (χ4v) is 3.26. The van der Waals surface area contributed by atoms with Crippen LogP contribution in [0.5, 0.6) is 0 Å². The molecule has 134 valence electrons. The Morgan fingerprint density at radius 2 is 1.69 bits per heavy atom. The molecule has 0 saturated heterocycles. The van der Waals surface area contributed by atoms with Crippen LogP contribution in [0.15, 0.2) is 54.2 Å². The number of amides is 2. The molecule has 3 rings (SSSR count). The highest BCUT2D eigenvalue weighted by atomic mass is 35.5. The predicted molar refractivity (Wildman–Crippen MR) is 102 cm³/mol. The molecule has 0 atom stereocenters. The molecule has 0 radical (unpaired) electrons. The molecule has 2 aromatic rings. The fraction of sp³-hybridized carbons (Fsp3) is 0.158. The average Bonchev–Trinajstić information content (AvgIpc) is 2.89. The number of nitrogens with zero attached hydrogens (tertiary/aromatic N) is 2. The number of carbonyl (C=O) groups is 2. The van der Waals surface area contributed by atoms with Crippen LogP contribution >= 0.6 is 23.2 Å². The number of hydrogen-bond acceptors (Lipinski definition) is 4. The third-order valence-corrected chi connectivity index (χ3v) is 4.92. The van der Waals surface area contributed by atoms with Crippen LogP contribution in [0.2, 0.25) is 10.0 Å². The second-order valence-corrected chi connectivity index (χ2v) is 6.54. The average molecular weight is 391 g/mol. The summed E-state index contributed by atoms with van der Waals surface area (Å²) in [6, 6.07) is 13.7. The SMILES string of the molecule is CN(CCO)C1=C(c2ccccc2)C(=O)N(c2cccc(Cl)c2Cl)C1=O. The van der Waals surface area contributed by atoms with Crippen LogP contribution in [0.1, 0.15) is 5.56 Å². The number of hydrogen-bond donors (Lipinski definition) is 1. The highest BCUT2D eigenvalue weighted by Gasteiger charge is 2.42. The molecule has 1 aliphatic heterocycles. The second kappa shape index (κ2) is 7.50. The maximum Gasteiger partial charge on any atom is 0.282 e. The Morgan fingerprint density at radius 3 is 2.35 bits per heavy atom. The summed E-state index contributed by atoms with van der Waals surface area (Å²) >= 11 is 12.3. The Balaban J connectivity index is 2.16. The van der Waals surface area contributed by atoms with Crippen LogP contribution in [0.4, 0.5) is 5.69 Å². The van der Waals surface area contributed by atoms with Gasteiger partial charge in [-0.3, -0.25) is 9.59 Å². The minimum Gasteiger partial charge on any atom is -0.395 e. The summed E-state index contributed by atoms with van der Waals surface area (Å²) in [5.74, 6) is -0.987. The smallest absolute Gasteiger partial charge is 0.282 e. The summed E-state index contributed by atoms with van der Waals surface area (Å²) in [4.78, 5) is 28.9. The van der Waals surface area contributed by atoms with E-state index in [-0.39, 0.29) is 40.2 Å². The van der Waals surface area contributed by atoms with Crippen LogP contribution in [0.3, 0.4) is 0 Å². The number of rotatable bonds is 5. The summed E-state index contributed by atoms with van der Waals surface area (Å²) < 4.78 is 0. The zero-order chi connectivity index (χ0) is 18.8. The zero-order valence-corrected chi connectivity index (χ0v) is 15.5. The van der Waals surface area contributed by atoms with Gasteiger partial charge >= 0.3 is 0 Å². The maximum absolute atomic E-state index is 13.2. The van der Waals surface area contributed by atoms with Crippen molar-refractivity contribution >= 4 is 46.3 Å². The third-order valence-electron chi connectivity index (χ3n) is 4.11. The lowest BCUT2D eigenvalue weighted by atomic mass is 10.0. The number of aliphatic hydroxyl groups is 1. The van der Waals surface area contributed by atoms with Crippen LogP contribution in [0.25, 0.3) is 5.57 Å². The molecule has 7 heteroatoms. The molecule has 2 aromatic carbocycles. The van der Waals surface area contributed by atoms with Gasteiger partial charge in [0.25, 0.3) is 11.8 Å². The summed E-state index contributed by atoms with van der Waals surface area (Å²) in [7, 11) is 1.66. The lowest BCUT2D eigenvalue weighted by Gasteiger charge is -2.21. The van der Waals surface area contributed by atoms with Gasteiger partial charge in [0.2, 0.25) is 0 Å². The minimum atomic E-state index is -0.506. The van der Waals surface area contributed by atoms with Crippen molar-refractivity contribution in [1.82, 2.24) is 4.90 Å². The number of imide groups is 1. The molecular weight excluding hydrogens is 375 g/mol. The molecule has 1 N–H and O–H groups in total. The van der Waals surface area contributed by atoms with E-state index in [0.717, 1.165) is 4.90 Å². The summed E-state index contributed by atoms with van der Waals surface area (Å²) in [6.45, 7) is 0.0588. The Hall–Kier alpha value is -2.34. The van der Waals surface area contributed by atoms with E-state index in [2.05, 4.69) is 0 Å². The Labute approximate surface area is 161 Å². The molecule has 0 fully saturated rings. The number of benzene rings is 2. The van der Waals surface area contributed by atoms with Gasteiger partial charge in [-0.05, 0) is 17.7 Å².